The summed E-state index contributed by atoms with van der Waals surface area (Å²) in [6, 6.07) is 18.2. The van der Waals surface area contributed by atoms with Gasteiger partial charge >= 0.3 is 0 Å². The van der Waals surface area contributed by atoms with Crippen LogP contribution in [0.4, 0.5) is 5.69 Å². The van der Waals surface area contributed by atoms with E-state index in [9.17, 15) is 22.8 Å². The second-order valence-corrected chi connectivity index (χ2v) is 10.0. The number of rotatable bonds is 7. The number of benzene rings is 3. The van der Waals surface area contributed by atoms with Crippen LogP contribution in [-0.2, 0) is 26.2 Å². The highest BCUT2D eigenvalue weighted by Crippen LogP contribution is 2.29. The van der Waals surface area contributed by atoms with Crippen molar-refractivity contribution in [2.75, 3.05) is 12.0 Å². The van der Waals surface area contributed by atoms with Crippen molar-refractivity contribution in [3.05, 3.63) is 89.5 Å². The molecule has 186 valence electrons. The third-order valence-corrected chi connectivity index (χ3v) is 6.90. The van der Waals surface area contributed by atoms with Crippen LogP contribution in [0.25, 0.3) is 0 Å². The average Bonchev–Trinajstić information content (AvgIpc) is 3.16. The number of anilines is 1. The van der Waals surface area contributed by atoms with Gasteiger partial charge in [0.05, 0.1) is 24.1 Å². The number of methoxy groups -OCH3 is 1. The first kappa shape index (κ1) is 25.1. The van der Waals surface area contributed by atoms with Crippen LogP contribution in [0.3, 0.4) is 0 Å². The van der Waals surface area contributed by atoms with Gasteiger partial charge in [-0.3, -0.25) is 14.4 Å². The van der Waals surface area contributed by atoms with Crippen molar-refractivity contribution in [3.8, 4) is 5.75 Å². The zero-order chi connectivity index (χ0) is 26.0. The van der Waals surface area contributed by atoms with Gasteiger partial charge in [0.1, 0.15) is 11.8 Å². The molecule has 2 N–H and O–H groups in total. The summed E-state index contributed by atoms with van der Waals surface area (Å²) in [5.41, 5.74) is 2.36. The third-order valence-electron chi connectivity index (χ3n) is 5.97. The molecular formula is C26H25N3O6S. The molecule has 1 aliphatic heterocycles. The molecule has 1 aliphatic rings. The number of imide groups is 1. The Hall–Kier alpha value is -4.02. The molecule has 3 amide bonds. The molecule has 1 unspecified atom stereocenters. The largest absolute Gasteiger partial charge is 0.497 e. The number of carbonyl (C=O) groups excluding carboxylic acids is 3. The van der Waals surface area contributed by atoms with Crippen molar-refractivity contribution < 1.29 is 27.5 Å². The van der Waals surface area contributed by atoms with Crippen molar-refractivity contribution in [1.29, 1.82) is 0 Å². The molecule has 10 heteroatoms. The molecule has 1 atom stereocenters. The second kappa shape index (κ2) is 9.92. The fourth-order valence-corrected chi connectivity index (χ4v) is 4.57. The molecule has 0 radical (unpaired) electrons. The van der Waals surface area contributed by atoms with E-state index in [1.54, 1.807) is 24.3 Å². The van der Waals surface area contributed by atoms with E-state index in [-0.39, 0.29) is 23.5 Å². The zero-order valence-electron chi connectivity index (χ0n) is 19.7. The number of aryl methyl sites for hydroxylation is 1. The van der Waals surface area contributed by atoms with Crippen LogP contribution in [0.2, 0.25) is 0 Å². The molecule has 0 bridgehead atoms. The van der Waals surface area contributed by atoms with E-state index >= 15 is 0 Å². The van der Waals surface area contributed by atoms with Crippen molar-refractivity contribution in [3.63, 3.8) is 0 Å². The van der Waals surface area contributed by atoms with Crippen LogP contribution in [0.1, 0.15) is 27.9 Å². The molecule has 3 aromatic carbocycles. The van der Waals surface area contributed by atoms with Crippen LogP contribution in [-0.4, -0.2) is 44.2 Å². The predicted octanol–water partition coefficient (Wildman–Crippen LogP) is 2.63. The molecule has 1 heterocycles. The summed E-state index contributed by atoms with van der Waals surface area (Å²) in [7, 11) is -2.44. The Morgan fingerprint density at radius 2 is 1.72 bits per heavy atom. The Morgan fingerprint density at radius 3 is 2.33 bits per heavy atom. The van der Waals surface area contributed by atoms with Crippen molar-refractivity contribution >= 4 is 33.4 Å². The maximum Gasteiger partial charge on any atom is 0.257 e. The Kier molecular flexibility index (Phi) is 6.91. The van der Waals surface area contributed by atoms with E-state index < -0.39 is 33.8 Å². The molecule has 36 heavy (non-hydrogen) atoms. The van der Waals surface area contributed by atoms with Crippen LogP contribution in [0.15, 0.2) is 77.7 Å². The van der Waals surface area contributed by atoms with Crippen molar-refractivity contribution in [1.82, 2.24) is 4.90 Å². The van der Waals surface area contributed by atoms with E-state index in [1.807, 2.05) is 31.2 Å². The van der Waals surface area contributed by atoms with Crippen LogP contribution in [0.5, 0.6) is 5.75 Å². The molecular weight excluding hydrogens is 482 g/mol. The molecule has 1 fully saturated rings. The van der Waals surface area contributed by atoms with E-state index in [1.165, 1.54) is 36.3 Å². The normalized spacial score (nSPS) is 15.8. The lowest BCUT2D eigenvalue weighted by molar-refractivity contribution is -0.122. The lowest BCUT2D eigenvalue weighted by atomic mass is 10.1. The summed E-state index contributed by atoms with van der Waals surface area (Å²) in [5.74, 6) is -1.01. The summed E-state index contributed by atoms with van der Waals surface area (Å²) in [6.07, 6.45) is -0.211. The topological polar surface area (TPSA) is 127 Å². The third kappa shape index (κ3) is 5.14. The quantitative estimate of drug-likeness (QED) is 0.490. The summed E-state index contributed by atoms with van der Waals surface area (Å²) in [4.78, 5) is 42.3. The van der Waals surface area contributed by atoms with Crippen molar-refractivity contribution in [2.45, 2.75) is 30.8 Å². The lowest BCUT2D eigenvalue weighted by Gasteiger charge is -2.28. The van der Waals surface area contributed by atoms with E-state index in [2.05, 4.69) is 0 Å². The van der Waals surface area contributed by atoms with Gasteiger partial charge in [0.2, 0.25) is 15.9 Å². The fourth-order valence-electron chi connectivity index (χ4n) is 4.05. The smallest absolute Gasteiger partial charge is 0.257 e. The number of hydrogen-bond acceptors (Lipinski definition) is 6. The standard InChI is InChI=1S/C26H25N3O6S/c1-17-6-8-18(9-7-17)16-28(25(31)19-4-3-5-21(14-19)35-2)23-15-24(30)29(26(23)32)20-10-12-22(13-11-20)36(27,33)34/h3-14,23H,15-16H2,1-2H3,(H2,27,33,34). The first-order valence-corrected chi connectivity index (χ1v) is 12.6. The van der Waals surface area contributed by atoms with E-state index in [0.29, 0.717) is 11.3 Å². The van der Waals surface area contributed by atoms with Gasteiger partial charge in [0.15, 0.2) is 0 Å². The average molecular weight is 508 g/mol. The Labute approximate surface area is 209 Å². The SMILES string of the molecule is COc1cccc(C(=O)N(Cc2ccc(C)cc2)C2CC(=O)N(c3ccc(S(N)(=O)=O)cc3)C2=O)c1. The van der Waals surface area contributed by atoms with Gasteiger partial charge in [-0.2, -0.15) is 0 Å². The number of amides is 3. The molecule has 4 rings (SSSR count). The highest BCUT2D eigenvalue weighted by atomic mass is 32.2. The highest BCUT2D eigenvalue weighted by molar-refractivity contribution is 7.89. The van der Waals surface area contributed by atoms with Crippen LogP contribution >= 0.6 is 0 Å². The minimum atomic E-state index is -3.93. The number of sulfonamides is 1. The van der Waals surface area contributed by atoms with Gasteiger partial charge in [-0.15, -0.1) is 0 Å². The monoisotopic (exact) mass is 507 g/mol. The number of nitrogens with zero attached hydrogens (tertiary/aromatic N) is 2. The lowest BCUT2D eigenvalue weighted by Crippen LogP contribution is -2.45. The molecule has 0 aliphatic carbocycles. The molecule has 9 nitrogen and oxygen atoms in total. The molecule has 0 spiro atoms. The Balaban J connectivity index is 1.69. The Bertz CT molecular complexity index is 1420. The number of primary sulfonamides is 1. The number of carbonyl (C=O) groups is 3. The maximum atomic E-state index is 13.6. The van der Waals surface area contributed by atoms with Gasteiger partial charge < -0.3 is 9.64 Å². The van der Waals surface area contributed by atoms with Crippen LogP contribution in [0, 0.1) is 6.92 Å². The van der Waals surface area contributed by atoms with E-state index in [0.717, 1.165) is 16.0 Å². The highest BCUT2D eigenvalue weighted by Gasteiger charge is 2.44. The van der Waals surface area contributed by atoms with Gasteiger partial charge in [-0.25, -0.2) is 18.5 Å². The minimum absolute atomic E-state index is 0.109. The molecule has 0 aromatic heterocycles. The van der Waals surface area contributed by atoms with Gasteiger partial charge in [-0.1, -0.05) is 35.9 Å². The maximum absolute atomic E-state index is 13.6. The summed E-state index contributed by atoms with van der Waals surface area (Å²) in [6.45, 7) is 2.05. The summed E-state index contributed by atoms with van der Waals surface area (Å²) in [5, 5.41) is 5.14. The number of hydrogen-bond donors (Lipinski definition) is 1. The fraction of sp³-hybridized carbons (Fsp3) is 0.192. The van der Waals surface area contributed by atoms with Gasteiger partial charge in [0, 0.05) is 12.1 Å². The first-order valence-electron chi connectivity index (χ1n) is 11.1. The number of ether oxygens (including phenoxy) is 1. The van der Waals surface area contributed by atoms with Crippen molar-refractivity contribution in [2.24, 2.45) is 5.14 Å². The number of nitrogens with two attached hydrogens (primary N) is 1. The molecule has 0 saturated carbocycles. The molecule has 1 saturated heterocycles. The van der Waals surface area contributed by atoms with E-state index in [4.69, 9.17) is 9.88 Å². The zero-order valence-corrected chi connectivity index (χ0v) is 20.6. The summed E-state index contributed by atoms with van der Waals surface area (Å²) < 4.78 is 28.4. The molecule has 3 aromatic rings. The Morgan fingerprint density at radius 1 is 1.06 bits per heavy atom. The first-order chi connectivity index (χ1) is 17.1. The summed E-state index contributed by atoms with van der Waals surface area (Å²) >= 11 is 0. The van der Waals surface area contributed by atoms with Gasteiger partial charge in [-0.05, 0) is 55.0 Å². The minimum Gasteiger partial charge on any atom is -0.497 e. The second-order valence-electron chi connectivity index (χ2n) is 8.48. The van der Waals surface area contributed by atoms with Gasteiger partial charge in [0.25, 0.3) is 11.8 Å². The van der Waals surface area contributed by atoms with Crippen LogP contribution < -0.4 is 14.8 Å². The predicted molar refractivity (Wildman–Crippen MR) is 133 cm³/mol.